The van der Waals surface area contributed by atoms with Crippen LogP contribution in [0, 0.1) is 0 Å². The van der Waals surface area contributed by atoms with E-state index in [2.05, 4.69) is 200 Å². The summed E-state index contributed by atoms with van der Waals surface area (Å²) in [6.07, 6.45) is 4.29. The van der Waals surface area contributed by atoms with Gasteiger partial charge < -0.3 is 9.90 Å². The summed E-state index contributed by atoms with van der Waals surface area (Å²) in [4.78, 5) is 8.89. The van der Waals surface area contributed by atoms with E-state index in [0.29, 0.717) is 11.5 Å². The number of nitrogens with zero attached hydrogens (tertiary/aromatic N) is 2. The van der Waals surface area contributed by atoms with Crippen LogP contribution in [-0.2, 0) is 41.8 Å². The molecule has 0 radical (unpaired) electrons. The first-order valence-corrected chi connectivity index (χ1v) is 21.3. The predicted molar refractivity (Wildman–Crippen MR) is 239 cm³/mol. The van der Waals surface area contributed by atoms with Crippen LogP contribution in [0.1, 0.15) is 123 Å². The fraction of sp³-hybridized carbons (Fsp3) is 0.327. The average molecular weight is 831 g/mol. The molecule has 0 aromatic heterocycles. The number of rotatable bonds is 2. The molecule has 59 heavy (non-hydrogen) atoms. The Morgan fingerprint density at radius 2 is 0.881 bits per heavy atom. The maximum atomic E-state index is 12.1. The number of benzene rings is 6. The number of phenols is 2. The standard InChI is InChI=1S/C50H56N2O2.C2H4O2.Mn/c1-47(2,3)35-25-33(45(53)39(27-35)49(7,8)9)29-51-41-23-21-31-17-13-15-19-37(31)43(41)44-38-20-16-14-18-32(38)22-24-42(44)52-30-34-26-36(48(4,5)6)28-40(46(34)54)50(10,11)12;1-2(3)4;/h13-30,53-54H,1-12H3;1H3,(H,3,4);/q;;+2/p-1. The first kappa shape index (κ1) is 43.4. The van der Waals surface area contributed by atoms with Gasteiger partial charge in [-0.3, -0.25) is 0 Å². The summed E-state index contributed by atoms with van der Waals surface area (Å²) in [5.41, 5.74) is 9.43. The van der Waals surface area contributed by atoms with E-state index in [9.17, 15) is 10.2 Å². The summed E-state index contributed by atoms with van der Waals surface area (Å²) in [6, 6.07) is 34.8. The molecule has 0 bridgehead atoms. The van der Waals surface area contributed by atoms with Crippen LogP contribution in [0.3, 0.4) is 0 Å². The molecule has 0 aliphatic carbocycles. The van der Waals surface area contributed by atoms with Crippen molar-refractivity contribution in [3.8, 4) is 22.6 Å². The summed E-state index contributed by atoms with van der Waals surface area (Å²) < 4.78 is 4.64. The third-order valence-electron chi connectivity index (χ3n) is 10.8. The number of hydrogen-bond acceptors (Lipinski definition) is 4. The van der Waals surface area contributed by atoms with Gasteiger partial charge in [0, 0.05) is 5.97 Å². The summed E-state index contributed by atoms with van der Waals surface area (Å²) in [7, 11) is 0. The number of carbonyl (C=O) groups excluding carboxylic acids is 1. The van der Waals surface area contributed by atoms with E-state index in [4.69, 9.17) is 9.90 Å². The van der Waals surface area contributed by atoms with Gasteiger partial charge in [-0.1, -0.05) is 0 Å². The molecular weight excluding hydrogens is 772 g/mol. The van der Waals surface area contributed by atoms with Crippen molar-refractivity contribution in [1.82, 2.24) is 0 Å². The molecule has 0 saturated carbocycles. The maximum absolute atomic E-state index is 12.1. The topological polar surface area (TPSA) is 86.6 Å². The molecule has 307 valence electrons. The third kappa shape index (κ3) is 9.02. The van der Waals surface area contributed by atoms with Gasteiger partial charge in [0.2, 0.25) is 0 Å². The molecule has 6 aromatic rings. The second-order valence-corrected chi connectivity index (χ2v) is 21.1. The summed E-state index contributed by atoms with van der Waals surface area (Å²) in [5.74, 6) is -0.470. The van der Waals surface area contributed by atoms with Crippen LogP contribution < -0.4 is 5.11 Å². The second kappa shape index (κ2) is 15.7. The minimum absolute atomic E-state index is 0.0178. The molecular formula is C52H59MnN2O4+. The van der Waals surface area contributed by atoms with E-state index in [0.717, 1.165) is 51.7 Å². The fourth-order valence-corrected chi connectivity index (χ4v) is 8.95. The van der Waals surface area contributed by atoms with Crippen LogP contribution in [0.15, 0.2) is 97.1 Å². The van der Waals surface area contributed by atoms with Crippen molar-refractivity contribution < 1.29 is 42.7 Å². The van der Waals surface area contributed by atoms with E-state index >= 15 is 0 Å². The number of carboxylic acids is 1. The number of carbonyl (C=O) groups is 1. The summed E-state index contributed by atoms with van der Waals surface area (Å²) >= 11 is 0.0178. The molecule has 7 heteroatoms. The molecule has 1 aliphatic rings. The molecule has 6 aromatic carbocycles. The van der Waals surface area contributed by atoms with Gasteiger partial charge in [0.05, 0.1) is 0 Å². The van der Waals surface area contributed by atoms with Gasteiger partial charge >= 0.3 is 336 Å². The van der Waals surface area contributed by atoms with Gasteiger partial charge in [0.1, 0.15) is 0 Å². The predicted octanol–water partition coefficient (Wildman–Crippen LogP) is 11.5. The molecule has 0 unspecified atom stereocenters. The molecule has 0 spiro atoms. The summed E-state index contributed by atoms with van der Waals surface area (Å²) in [6.45, 7) is 27.3. The third-order valence-corrected chi connectivity index (χ3v) is 12.2. The zero-order valence-corrected chi connectivity index (χ0v) is 38.1. The van der Waals surface area contributed by atoms with Crippen LogP contribution in [0.25, 0.3) is 32.7 Å². The van der Waals surface area contributed by atoms with Crippen LogP contribution in [0.5, 0.6) is 11.5 Å². The van der Waals surface area contributed by atoms with Crippen molar-refractivity contribution in [1.29, 1.82) is 0 Å². The van der Waals surface area contributed by atoms with Crippen molar-refractivity contribution in [2.45, 2.75) is 112 Å². The number of aromatic hydroxyl groups is 2. The molecule has 0 fully saturated rings. The average Bonchev–Trinajstić information content (AvgIpc) is 3.25. The molecule has 7 rings (SSSR count). The number of fused-ring (bicyclic) bond motifs is 7. The van der Waals surface area contributed by atoms with Crippen molar-refractivity contribution in [2.75, 3.05) is 0 Å². The number of hydrogen-bond donors (Lipinski definition) is 2. The Morgan fingerprint density at radius 1 is 0.542 bits per heavy atom. The van der Waals surface area contributed by atoms with E-state index in [1.54, 1.807) is 0 Å². The quantitative estimate of drug-likeness (QED) is 0.170. The van der Waals surface area contributed by atoms with Gasteiger partial charge in [0.15, 0.2) is 0 Å². The van der Waals surface area contributed by atoms with Gasteiger partial charge in [-0.25, -0.2) is 0 Å². The Hall–Kier alpha value is -5.23. The fourth-order valence-electron chi connectivity index (χ4n) is 7.52. The van der Waals surface area contributed by atoms with Crippen molar-refractivity contribution in [3.63, 3.8) is 0 Å². The van der Waals surface area contributed by atoms with Crippen LogP contribution in [-0.4, -0.2) is 35.8 Å². The van der Waals surface area contributed by atoms with Gasteiger partial charge in [-0.15, -0.1) is 0 Å². The normalized spacial score (nSPS) is 14.8. The van der Waals surface area contributed by atoms with Crippen LogP contribution in [0.2, 0.25) is 0 Å². The number of phenolic OH excluding ortho intramolecular Hbond substituents is 2. The number of aliphatic carboxylic acids is 1. The molecule has 1 aliphatic heterocycles. The first-order chi connectivity index (χ1) is 27.4. The molecule has 0 saturated heterocycles. The van der Waals surface area contributed by atoms with Gasteiger partial charge in [-0.2, -0.15) is 0 Å². The molecule has 1 heterocycles. The van der Waals surface area contributed by atoms with E-state index in [1.807, 2.05) is 0 Å². The molecule has 0 amide bonds. The van der Waals surface area contributed by atoms with Crippen molar-refractivity contribution in [3.05, 3.63) is 130 Å². The minimum atomic E-state index is -1.08. The van der Waals surface area contributed by atoms with Gasteiger partial charge in [0.25, 0.3) is 0 Å². The van der Waals surface area contributed by atoms with E-state index in [-0.39, 0.29) is 37.1 Å². The SMILES string of the molecule is CC(=O)[O-].CC(C)(C)c1cc(C=[N+]2[Mn][N+](=Cc3cc(C(C)(C)C)cc(C(C)(C)C)c3O)c3ccc4ccccc4c3-c3c2ccc2ccccc32)c(O)c(C(C)(C)C)c1. The molecule has 0 atom stereocenters. The Morgan fingerprint density at radius 3 is 1.20 bits per heavy atom. The van der Waals surface area contributed by atoms with E-state index in [1.165, 1.54) is 32.7 Å². The number of carboxylic acid groups (broad SMARTS) is 1. The zero-order valence-electron chi connectivity index (χ0n) is 36.9. The Labute approximate surface area is 357 Å². The zero-order chi connectivity index (χ0) is 43.4. The van der Waals surface area contributed by atoms with Crippen LogP contribution in [0.4, 0.5) is 11.4 Å². The van der Waals surface area contributed by atoms with Gasteiger partial charge in [-0.05, 0) is 6.92 Å². The Bertz CT molecular complexity index is 2500. The first-order valence-electron chi connectivity index (χ1n) is 20.3. The molecule has 6 nitrogen and oxygen atoms in total. The van der Waals surface area contributed by atoms with E-state index < -0.39 is 5.97 Å². The van der Waals surface area contributed by atoms with Crippen molar-refractivity contribution >= 4 is 51.3 Å². The Balaban J connectivity index is 0.00000140. The van der Waals surface area contributed by atoms with Crippen molar-refractivity contribution in [2.24, 2.45) is 0 Å². The van der Waals surface area contributed by atoms with Crippen LogP contribution >= 0.6 is 0 Å². The monoisotopic (exact) mass is 830 g/mol. The Kier molecular flexibility index (Phi) is 11.6. The molecule has 2 N–H and O–H groups in total. The second-order valence-electron chi connectivity index (χ2n) is 19.7. The summed E-state index contributed by atoms with van der Waals surface area (Å²) in [5, 5.41) is 37.7.